The standard InChI is InChI=1S/C20H29N5O2/c21-15-20(6-10-27-11-7-20)19(26)22-13-16-12-18-14-24(8-9-25(18)23-16)17-4-2-1-3-5-17/h12,17H,1-11,13-14H2,(H,22,26). The first-order valence-corrected chi connectivity index (χ1v) is 10.3. The molecule has 1 aliphatic carbocycles. The molecule has 2 aliphatic heterocycles. The van der Waals surface area contributed by atoms with Crippen molar-refractivity contribution in [3.8, 4) is 6.07 Å². The molecule has 1 aromatic heterocycles. The maximum absolute atomic E-state index is 12.6. The number of carbonyl (C=O) groups is 1. The minimum Gasteiger partial charge on any atom is -0.381 e. The second kappa shape index (κ2) is 7.99. The van der Waals surface area contributed by atoms with E-state index in [1.807, 2.05) is 0 Å². The quantitative estimate of drug-likeness (QED) is 0.875. The van der Waals surface area contributed by atoms with E-state index in [2.05, 4.69) is 32.1 Å². The SMILES string of the molecule is N#CC1(C(=O)NCc2cc3n(n2)CCN(C2CCCCC2)C3)CCOCC1. The number of amides is 1. The van der Waals surface area contributed by atoms with E-state index in [-0.39, 0.29) is 5.91 Å². The van der Waals surface area contributed by atoms with Crippen LogP contribution in [0.4, 0.5) is 0 Å². The number of hydrogen-bond donors (Lipinski definition) is 1. The number of hydrogen-bond acceptors (Lipinski definition) is 5. The first kappa shape index (κ1) is 18.5. The Kier molecular flexibility index (Phi) is 5.46. The Labute approximate surface area is 160 Å². The van der Waals surface area contributed by atoms with E-state index in [4.69, 9.17) is 4.74 Å². The summed E-state index contributed by atoms with van der Waals surface area (Å²) >= 11 is 0. The molecule has 7 heteroatoms. The van der Waals surface area contributed by atoms with Crippen molar-refractivity contribution in [2.24, 2.45) is 5.41 Å². The third kappa shape index (κ3) is 3.87. The van der Waals surface area contributed by atoms with Gasteiger partial charge in [0.15, 0.2) is 0 Å². The Morgan fingerprint density at radius 1 is 1.30 bits per heavy atom. The number of ether oxygens (including phenoxy) is 1. The zero-order valence-corrected chi connectivity index (χ0v) is 16.0. The fourth-order valence-corrected chi connectivity index (χ4v) is 4.64. The summed E-state index contributed by atoms with van der Waals surface area (Å²) in [5, 5.41) is 17.1. The van der Waals surface area contributed by atoms with E-state index < -0.39 is 5.41 Å². The van der Waals surface area contributed by atoms with Gasteiger partial charge < -0.3 is 10.1 Å². The van der Waals surface area contributed by atoms with Gasteiger partial charge >= 0.3 is 0 Å². The lowest BCUT2D eigenvalue weighted by atomic mass is 9.81. The van der Waals surface area contributed by atoms with Crippen molar-refractivity contribution in [2.45, 2.75) is 70.6 Å². The molecule has 1 saturated carbocycles. The van der Waals surface area contributed by atoms with Gasteiger partial charge in [-0.05, 0) is 31.7 Å². The molecule has 1 N–H and O–H groups in total. The lowest BCUT2D eigenvalue weighted by Gasteiger charge is -2.36. The highest BCUT2D eigenvalue weighted by Crippen LogP contribution is 2.30. The fraction of sp³-hybridized carbons (Fsp3) is 0.750. The lowest BCUT2D eigenvalue weighted by Crippen LogP contribution is -2.43. The molecule has 146 valence electrons. The van der Waals surface area contributed by atoms with Gasteiger partial charge in [-0.2, -0.15) is 10.4 Å². The van der Waals surface area contributed by atoms with Crippen molar-refractivity contribution < 1.29 is 9.53 Å². The summed E-state index contributed by atoms with van der Waals surface area (Å²) in [6, 6.07) is 5.05. The van der Waals surface area contributed by atoms with Crippen molar-refractivity contribution in [3.63, 3.8) is 0 Å². The molecule has 3 heterocycles. The van der Waals surface area contributed by atoms with Crippen LogP contribution in [0.1, 0.15) is 56.3 Å². The molecular weight excluding hydrogens is 342 g/mol. The van der Waals surface area contributed by atoms with Crippen LogP contribution in [0.5, 0.6) is 0 Å². The molecule has 0 atom stereocenters. The summed E-state index contributed by atoms with van der Waals surface area (Å²) in [5.41, 5.74) is 1.16. The van der Waals surface area contributed by atoms with Crippen LogP contribution in [0.15, 0.2) is 6.07 Å². The Morgan fingerprint density at radius 2 is 2.07 bits per heavy atom. The molecule has 0 bridgehead atoms. The summed E-state index contributed by atoms with van der Waals surface area (Å²) in [4.78, 5) is 15.2. The summed E-state index contributed by atoms with van der Waals surface area (Å²) in [6.07, 6.45) is 7.64. The molecule has 1 aromatic rings. The Balaban J connectivity index is 1.35. The lowest BCUT2D eigenvalue weighted by molar-refractivity contribution is -0.132. The predicted molar refractivity (Wildman–Crippen MR) is 99.5 cm³/mol. The van der Waals surface area contributed by atoms with Gasteiger partial charge in [0, 0.05) is 32.3 Å². The molecule has 1 amide bonds. The van der Waals surface area contributed by atoms with Gasteiger partial charge in [0.2, 0.25) is 5.91 Å². The van der Waals surface area contributed by atoms with Crippen LogP contribution in [0.3, 0.4) is 0 Å². The second-order valence-electron chi connectivity index (χ2n) is 8.10. The van der Waals surface area contributed by atoms with Gasteiger partial charge in [0.1, 0.15) is 5.41 Å². The van der Waals surface area contributed by atoms with Crippen molar-refractivity contribution in [3.05, 3.63) is 17.5 Å². The number of carbonyl (C=O) groups excluding carboxylic acids is 1. The summed E-state index contributed by atoms with van der Waals surface area (Å²) in [6.45, 7) is 4.24. The molecule has 1 saturated heterocycles. The highest BCUT2D eigenvalue weighted by atomic mass is 16.5. The molecule has 7 nitrogen and oxygen atoms in total. The normalized spacial score (nSPS) is 23.4. The Bertz CT molecular complexity index is 710. The molecule has 0 aromatic carbocycles. The number of nitrogens with zero attached hydrogens (tertiary/aromatic N) is 4. The smallest absolute Gasteiger partial charge is 0.240 e. The molecule has 27 heavy (non-hydrogen) atoms. The van der Waals surface area contributed by atoms with Crippen molar-refractivity contribution in [1.29, 1.82) is 5.26 Å². The van der Waals surface area contributed by atoms with Gasteiger partial charge in [-0.1, -0.05) is 19.3 Å². The monoisotopic (exact) mass is 371 g/mol. The van der Waals surface area contributed by atoms with Gasteiger partial charge in [0.05, 0.1) is 30.5 Å². The van der Waals surface area contributed by atoms with Crippen LogP contribution in [0.2, 0.25) is 0 Å². The van der Waals surface area contributed by atoms with Crippen molar-refractivity contribution in [2.75, 3.05) is 19.8 Å². The molecule has 3 aliphatic rings. The molecule has 4 rings (SSSR count). The van der Waals surface area contributed by atoms with Crippen molar-refractivity contribution >= 4 is 5.91 Å². The number of rotatable bonds is 4. The van der Waals surface area contributed by atoms with Crippen LogP contribution >= 0.6 is 0 Å². The minimum absolute atomic E-state index is 0.192. The topological polar surface area (TPSA) is 83.2 Å². The fourth-order valence-electron chi connectivity index (χ4n) is 4.64. The minimum atomic E-state index is -0.949. The van der Waals surface area contributed by atoms with Gasteiger partial charge in [0.25, 0.3) is 0 Å². The van der Waals surface area contributed by atoms with E-state index in [1.54, 1.807) is 0 Å². The highest BCUT2D eigenvalue weighted by molar-refractivity contribution is 5.85. The third-order valence-electron chi connectivity index (χ3n) is 6.39. The van der Waals surface area contributed by atoms with E-state index in [9.17, 15) is 10.1 Å². The maximum Gasteiger partial charge on any atom is 0.240 e. The van der Waals surface area contributed by atoms with Crippen LogP contribution in [0, 0.1) is 16.7 Å². The van der Waals surface area contributed by atoms with Crippen LogP contribution in [0.25, 0.3) is 0 Å². The van der Waals surface area contributed by atoms with E-state index in [1.165, 1.54) is 37.8 Å². The average molecular weight is 371 g/mol. The zero-order valence-electron chi connectivity index (χ0n) is 16.0. The van der Waals surface area contributed by atoms with Crippen LogP contribution in [-0.4, -0.2) is 46.4 Å². The highest BCUT2D eigenvalue weighted by Gasteiger charge is 2.40. The summed E-state index contributed by atoms with van der Waals surface area (Å²) in [5.74, 6) is -0.192. The number of aromatic nitrogens is 2. The van der Waals surface area contributed by atoms with Gasteiger partial charge in [-0.15, -0.1) is 0 Å². The first-order chi connectivity index (χ1) is 13.2. The van der Waals surface area contributed by atoms with Crippen molar-refractivity contribution in [1.82, 2.24) is 20.0 Å². The number of nitrogens with one attached hydrogen (secondary N) is 1. The molecule has 0 radical (unpaired) electrons. The number of nitriles is 1. The van der Waals surface area contributed by atoms with Crippen LogP contribution in [-0.2, 0) is 29.2 Å². The molecule has 2 fully saturated rings. The number of fused-ring (bicyclic) bond motifs is 1. The van der Waals surface area contributed by atoms with E-state index in [0.717, 1.165) is 31.4 Å². The summed E-state index contributed by atoms with van der Waals surface area (Å²) < 4.78 is 7.38. The summed E-state index contributed by atoms with van der Waals surface area (Å²) in [7, 11) is 0. The first-order valence-electron chi connectivity index (χ1n) is 10.3. The van der Waals surface area contributed by atoms with E-state index >= 15 is 0 Å². The van der Waals surface area contributed by atoms with Gasteiger partial charge in [-0.3, -0.25) is 14.4 Å². The molecular formula is C20H29N5O2. The molecule has 0 spiro atoms. The average Bonchev–Trinajstić information content (AvgIpc) is 3.15. The van der Waals surface area contributed by atoms with Crippen LogP contribution < -0.4 is 5.32 Å². The van der Waals surface area contributed by atoms with Gasteiger partial charge in [-0.25, -0.2) is 0 Å². The predicted octanol–water partition coefficient (Wildman–Crippen LogP) is 1.97. The third-order valence-corrected chi connectivity index (χ3v) is 6.39. The Morgan fingerprint density at radius 3 is 2.81 bits per heavy atom. The zero-order chi connectivity index (χ0) is 18.7. The van der Waals surface area contributed by atoms with E-state index in [0.29, 0.717) is 32.6 Å². The largest absolute Gasteiger partial charge is 0.381 e. The molecule has 0 unspecified atom stereocenters. The Hall–Kier alpha value is -1.91. The second-order valence-corrected chi connectivity index (χ2v) is 8.10. The maximum atomic E-state index is 12.6.